The molecule has 30 heavy (non-hydrogen) atoms. The van der Waals surface area contributed by atoms with Crippen LogP contribution in [0.5, 0.6) is 0 Å². The number of aryl methyl sites for hydroxylation is 4. The fraction of sp³-hybridized carbons (Fsp3) is 0.320. The molecule has 1 amide bonds. The Balaban J connectivity index is 1.41. The van der Waals surface area contributed by atoms with E-state index in [1.54, 1.807) is 0 Å². The fourth-order valence-electron chi connectivity index (χ4n) is 4.00. The van der Waals surface area contributed by atoms with Gasteiger partial charge in [0, 0.05) is 22.6 Å². The second-order valence-corrected chi connectivity index (χ2v) is 8.11. The summed E-state index contributed by atoms with van der Waals surface area (Å²) < 4.78 is 0. The highest BCUT2D eigenvalue weighted by molar-refractivity contribution is 5.94. The molecule has 1 unspecified atom stereocenters. The summed E-state index contributed by atoms with van der Waals surface area (Å²) in [4.78, 5) is 21.5. The van der Waals surface area contributed by atoms with Gasteiger partial charge in [0.25, 0.3) is 5.91 Å². The Morgan fingerprint density at radius 3 is 2.27 bits per heavy atom. The van der Waals surface area contributed by atoms with Crippen LogP contribution in [0.1, 0.15) is 64.2 Å². The van der Waals surface area contributed by atoms with Crippen molar-refractivity contribution >= 4 is 17.5 Å². The van der Waals surface area contributed by atoms with E-state index in [1.165, 1.54) is 30.4 Å². The first-order valence-corrected chi connectivity index (χ1v) is 10.6. The molecule has 0 bridgehead atoms. The lowest BCUT2D eigenvalue weighted by Gasteiger charge is -2.20. The van der Waals surface area contributed by atoms with E-state index in [1.807, 2.05) is 51.1 Å². The van der Waals surface area contributed by atoms with Crippen LogP contribution in [-0.4, -0.2) is 15.9 Å². The Kier molecular flexibility index (Phi) is 5.79. The number of fused-ring (bicyclic) bond motifs is 1. The number of carbonyl (C=O) groups is 1. The molecule has 5 heteroatoms. The maximum absolute atomic E-state index is 12.7. The average Bonchev–Trinajstić information content (AvgIpc) is 2.73. The van der Waals surface area contributed by atoms with Gasteiger partial charge in [-0.05, 0) is 93.5 Å². The van der Waals surface area contributed by atoms with E-state index in [9.17, 15) is 4.79 Å². The number of rotatable bonds is 5. The molecule has 2 N–H and O–H groups in total. The van der Waals surface area contributed by atoms with E-state index in [2.05, 4.69) is 38.8 Å². The maximum atomic E-state index is 12.7. The molecule has 0 radical (unpaired) electrons. The zero-order valence-electron chi connectivity index (χ0n) is 17.8. The smallest absolute Gasteiger partial charge is 0.251 e. The molecule has 0 saturated heterocycles. The summed E-state index contributed by atoms with van der Waals surface area (Å²) in [6.45, 7) is 5.92. The summed E-state index contributed by atoms with van der Waals surface area (Å²) in [5.41, 5.74) is 7.36. The van der Waals surface area contributed by atoms with Gasteiger partial charge in [-0.2, -0.15) is 0 Å². The van der Waals surface area contributed by atoms with Crippen LogP contribution in [0.2, 0.25) is 0 Å². The van der Waals surface area contributed by atoms with Crippen LogP contribution in [-0.2, 0) is 12.8 Å². The van der Waals surface area contributed by atoms with Crippen molar-refractivity contribution in [2.45, 2.75) is 52.5 Å². The van der Waals surface area contributed by atoms with Crippen LogP contribution in [0, 0.1) is 13.8 Å². The standard InChI is InChI=1S/C25H28N4O/c1-16-14-17(2)27-25(26-16)29-23-12-10-20(11-13-23)24(30)28-18(3)21-9-8-19-6-4-5-7-22(19)15-21/h8-15,18H,4-7H2,1-3H3,(H,28,30)(H,26,27,29). The molecule has 1 aliphatic carbocycles. The van der Waals surface area contributed by atoms with Crippen molar-refractivity contribution in [3.8, 4) is 0 Å². The van der Waals surface area contributed by atoms with Crippen LogP contribution in [0.25, 0.3) is 0 Å². The highest BCUT2D eigenvalue weighted by Crippen LogP contribution is 2.25. The minimum absolute atomic E-state index is 0.0359. The van der Waals surface area contributed by atoms with Crippen molar-refractivity contribution in [3.05, 3.63) is 82.2 Å². The predicted octanol–water partition coefficient (Wildman–Crippen LogP) is 5.21. The second-order valence-electron chi connectivity index (χ2n) is 8.11. The van der Waals surface area contributed by atoms with Crippen molar-refractivity contribution in [2.24, 2.45) is 0 Å². The molecule has 1 atom stereocenters. The number of hydrogen-bond donors (Lipinski definition) is 2. The number of aromatic nitrogens is 2. The van der Waals surface area contributed by atoms with Gasteiger partial charge in [0.2, 0.25) is 5.95 Å². The first-order valence-electron chi connectivity index (χ1n) is 10.6. The minimum Gasteiger partial charge on any atom is -0.346 e. The Hall–Kier alpha value is -3.21. The van der Waals surface area contributed by atoms with Crippen LogP contribution in [0.4, 0.5) is 11.6 Å². The monoisotopic (exact) mass is 400 g/mol. The first-order chi connectivity index (χ1) is 14.5. The molecule has 0 spiro atoms. The van der Waals surface area contributed by atoms with E-state index in [-0.39, 0.29) is 11.9 Å². The van der Waals surface area contributed by atoms with Gasteiger partial charge in [0.1, 0.15) is 0 Å². The van der Waals surface area contributed by atoms with Crippen LogP contribution in [0.3, 0.4) is 0 Å². The third kappa shape index (κ3) is 4.67. The van der Waals surface area contributed by atoms with E-state index >= 15 is 0 Å². The Morgan fingerprint density at radius 1 is 0.900 bits per heavy atom. The van der Waals surface area contributed by atoms with Gasteiger partial charge >= 0.3 is 0 Å². The Labute approximate surface area is 178 Å². The molecule has 1 aliphatic rings. The Morgan fingerprint density at radius 2 is 1.57 bits per heavy atom. The van der Waals surface area contributed by atoms with E-state index < -0.39 is 0 Å². The average molecular weight is 401 g/mol. The summed E-state index contributed by atoms with van der Waals surface area (Å²) in [6, 6.07) is 15.9. The number of carbonyl (C=O) groups excluding carboxylic acids is 1. The molecule has 154 valence electrons. The number of amides is 1. The van der Waals surface area contributed by atoms with Crippen LogP contribution < -0.4 is 10.6 Å². The molecule has 4 rings (SSSR count). The summed E-state index contributed by atoms with van der Waals surface area (Å²) in [5, 5.41) is 6.31. The first kappa shape index (κ1) is 20.1. The van der Waals surface area contributed by atoms with E-state index in [4.69, 9.17) is 0 Å². The normalized spacial score (nSPS) is 14.0. The quantitative estimate of drug-likeness (QED) is 0.617. The molecular weight excluding hydrogens is 372 g/mol. The van der Waals surface area contributed by atoms with Gasteiger partial charge in [-0.3, -0.25) is 4.79 Å². The number of nitrogens with one attached hydrogen (secondary N) is 2. The molecular formula is C25H28N4O. The van der Waals surface area contributed by atoms with Crippen molar-refractivity contribution < 1.29 is 4.79 Å². The number of anilines is 2. The third-order valence-corrected chi connectivity index (χ3v) is 5.61. The Bertz CT molecular complexity index is 1040. The summed E-state index contributed by atoms with van der Waals surface area (Å²) in [7, 11) is 0. The van der Waals surface area contributed by atoms with Gasteiger partial charge in [-0.1, -0.05) is 18.2 Å². The van der Waals surface area contributed by atoms with Gasteiger partial charge in [0.15, 0.2) is 0 Å². The summed E-state index contributed by atoms with van der Waals surface area (Å²) in [6.07, 6.45) is 4.84. The van der Waals surface area contributed by atoms with Crippen molar-refractivity contribution in [2.75, 3.05) is 5.32 Å². The molecule has 0 saturated carbocycles. The molecule has 1 heterocycles. The van der Waals surface area contributed by atoms with Crippen LogP contribution >= 0.6 is 0 Å². The van der Waals surface area contributed by atoms with Crippen molar-refractivity contribution in [3.63, 3.8) is 0 Å². The molecule has 0 aliphatic heterocycles. The predicted molar refractivity (Wildman–Crippen MR) is 120 cm³/mol. The highest BCUT2D eigenvalue weighted by Gasteiger charge is 2.15. The fourth-order valence-corrected chi connectivity index (χ4v) is 4.00. The summed E-state index contributed by atoms with van der Waals surface area (Å²) >= 11 is 0. The van der Waals surface area contributed by atoms with Crippen LogP contribution in [0.15, 0.2) is 48.5 Å². The topological polar surface area (TPSA) is 66.9 Å². The highest BCUT2D eigenvalue weighted by atomic mass is 16.1. The van der Waals surface area contributed by atoms with Gasteiger partial charge in [0.05, 0.1) is 6.04 Å². The SMILES string of the molecule is Cc1cc(C)nc(Nc2ccc(C(=O)NC(C)c3ccc4c(c3)CCCC4)cc2)n1. The summed E-state index contributed by atoms with van der Waals surface area (Å²) in [5.74, 6) is 0.486. The van der Waals surface area contributed by atoms with Gasteiger partial charge in [-0.25, -0.2) is 9.97 Å². The molecule has 0 fully saturated rings. The van der Waals surface area contributed by atoms with Crippen molar-refractivity contribution in [1.29, 1.82) is 0 Å². The largest absolute Gasteiger partial charge is 0.346 e. The lowest BCUT2D eigenvalue weighted by atomic mass is 9.89. The van der Waals surface area contributed by atoms with Crippen molar-refractivity contribution in [1.82, 2.24) is 15.3 Å². The molecule has 5 nitrogen and oxygen atoms in total. The molecule has 1 aromatic heterocycles. The zero-order chi connectivity index (χ0) is 21.1. The van der Waals surface area contributed by atoms with E-state index in [0.717, 1.165) is 29.1 Å². The molecule has 2 aromatic carbocycles. The van der Waals surface area contributed by atoms with Gasteiger partial charge < -0.3 is 10.6 Å². The number of nitrogens with zero attached hydrogens (tertiary/aromatic N) is 2. The number of hydrogen-bond acceptors (Lipinski definition) is 4. The minimum atomic E-state index is -0.0746. The lowest BCUT2D eigenvalue weighted by Crippen LogP contribution is -2.26. The molecule has 3 aromatic rings. The van der Waals surface area contributed by atoms with Gasteiger partial charge in [-0.15, -0.1) is 0 Å². The zero-order valence-corrected chi connectivity index (χ0v) is 17.8. The second kappa shape index (κ2) is 8.66. The third-order valence-electron chi connectivity index (χ3n) is 5.61. The maximum Gasteiger partial charge on any atom is 0.251 e. The lowest BCUT2D eigenvalue weighted by molar-refractivity contribution is 0.0940. The van der Waals surface area contributed by atoms with E-state index in [0.29, 0.717) is 11.5 Å². The number of benzene rings is 2.